The second kappa shape index (κ2) is 13.6. The number of nitrogens with one attached hydrogen (secondary N) is 3. The van der Waals surface area contributed by atoms with E-state index >= 15 is 0 Å². The van der Waals surface area contributed by atoms with Crippen LogP contribution in [0.1, 0.15) is 66.6 Å². The van der Waals surface area contributed by atoms with Gasteiger partial charge in [-0.1, -0.05) is 19.9 Å². The molecule has 0 saturated carbocycles. The van der Waals surface area contributed by atoms with Crippen LogP contribution >= 0.6 is 24.0 Å². The molecule has 2 rings (SSSR count). The molecule has 186 valence electrons. The minimum absolute atomic E-state index is 0. The molecule has 0 atom stereocenters. The summed E-state index contributed by atoms with van der Waals surface area (Å²) in [7, 11) is 0. The maximum absolute atomic E-state index is 12.4. The van der Waals surface area contributed by atoms with Crippen molar-refractivity contribution < 1.29 is 9.53 Å². The molecule has 2 aromatic rings. The molecule has 10 heteroatoms. The van der Waals surface area contributed by atoms with Gasteiger partial charge in [0.05, 0.1) is 12.1 Å². The van der Waals surface area contributed by atoms with E-state index in [1.165, 1.54) is 0 Å². The molecule has 0 aliphatic carbocycles. The number of fused-ring (bicyclic) bond motifs is 1. The van der Waals surface area contributed by atoms with Gasteiger partial charge in [0, 0.05) is 25.7 Å². The zero-order valence-electron chi connectivity index (χ0n) is 20.8. The third-order valence-corrected chi connectivity index (χ3v) is 5.26. The zero-order valence-corrected chi connectivity index (χ0v) is 23.1. The number of pyridine rings is 1. The first-order valence-electron chi connectivity index (χ1n) is 11.5. The Labute approximate surface area is 214 Å². The summed E-state index contributed by atoms with van der Waals surface area (Å²) in [5.41, 5.74) is -0.129. The summed E-state index contributed by atoms with van der Waals surface area (Å²) in [5, 5.41) is 18.2. The largest absolute Gasteiger partial charge is 0.444 e. The Bertz CT molecular complexity index is 888. The molecular weight excluding hydrogens is 533 g/mol. The Kier molecular flexibility index (Phi) is 11.9. The van der Waals surface area contributed by atoms with Gasteiger partial charge in [0.25, 0.3) is 0 Å². The average Bonchev–Trinajstić information content (AvgIpc) is 3.15. The first kappa shape index (κ1) is 28.9. The van der Waals surface area contributed by atoms with Crippen LogP contribution in [0.3, 0.4) is 0 Å². The number of aromatic nitrogens is 3. The van der Waals surface area contributed by atoms with Gasteiger partial charge in [-0.2, -0.15) is 0 Å². The highest BCUT2D eigenvalue weighted by atomic mass is 127. The Morgan fingerprint density at radius 1 is 1.12 bits per heavy atom. The van der Waals surface area contributed by atoms with Crippen LogP contribution in [-0.4, -0.2) is 57.4 Å². The predicted octanol–water partition coefficient (Wildman–Crippen LogP) is 3.92. The van der Waals surface area contributed by atoms with Crippen LogP contribution in [0.5, 0.6) is 0 Å². The molecule has 0 spiro atoms. The minimum atomic E-state index is -0.535. The number of aryl methyl sites for hydroxylation is 1. The number of ether oxygens (including phenoxy) is 1. The highest BCUT2D eigenvalue weighted by molar-refractivity contribution is 14.0. The lowest BCUT2D eigenvalue weighted by molar-refractivity contribution is 0.0452. The number of hydrogen-bond donors (Lipinski definition) is 3. The van der Waals surface area contributed by atoms with E-state index in [2.05, 4.69) is 40.0 Å². The summed E-state index contributed by atoms with van der Waals surface area (Å²) in [6.07, 6.45) is 4.79. The maximum atomic E-state index is 12.4. The van der Waals surface area contributed by atoms with Crippen molar-refractivity contribution >= 4 is 41.7 Å². The minimum Gasteiger partial charge on any atom is -0.444 e. The van der Waals surface area contributed by atoms with E-state index in [1.54, 1.807) is 0 Å². The molecule has 0 radical (unpaired) electrons. The number of guanidine groups is 1. The van der Waals surface area contributed by atoms with Gasteiger partial charge >= 0.3 is 6.09 Å². The quantitative estimate of drug-likeness (QED) is 0.172. The van der Waals surface area contributed by atoms with Gasteiger partial charge < -0.3 is 20.7 Å². The van der Waals surface area contributed by atoms with Crippen molar-refractivity contribution in [3.63, 3.8) is 0 Å². The number of alkyl carbamates (subject to hydrolysis) is 1. The monoisotopic (exact) mass is 573 g/mol. The average molecular weight is 574 g/mol. The third kappa shape index (κ3) is 9.34. The van der Waals surface area contributed by atoms with Gasteiger partial charge in [-0.3, -0.25) is 9.39 Å². The molecule has 2 heterocycles. The van der Waals surface area contributed by atoms with Crippen LogP contribution in [0.4, 0.5) is 4.79 Å². The Balaban J connectivity index is 0.00000544. The van der Waals surface area contributed by atoms with E-state index in [4.69, 9.17) is 9.73 Å². The van der Waals surface area contributed by atoms with Gasteiger partial charge in [0.1, 0.15) is 11.4 Å². The second-order valence-corrected chi connectivity index (χ2v) is 8.88. The molecule has 0 bridgehead atoms. The standard InChI is InChI=1S/C23H39N7O2.HI/c1-7-23(8-2,27-21(31)32-22(4,5)6)17-26-20(24-9-3)25-15-12-14-19-29-28-18-13-10-11-16-30(18)19;/h10-11,13,16H,7-9,12,14-15,17H2,1-6H3,(H,27,31)(H2,24,25,26);1H. The maximum Gasteiger partial charge on any atom is 0.408 e. The summed E-state index contributed by atoms with van der Waals surface area (Å²) in [5.74, 6) is 1.68. The number of amides is 1. The lowest BCUT2D eigenvalue weighted by Crippen LogP contribution is -2.52. The van der Waals surface area contributed by atoms with Gasteiger partial charge in [0.15, 0.2) is 11.6 Å². The highest BCUT2D eigenvalue weighted by Crippen LogP contribution is 2.17. The van der Waals surface area contributed by atoms with Gasteiger partial charge in [-0.05, 0) is 59.1 Å². The molecule has 9 nitrogen and oxygen atoms in total. The van der Waals surface area contributed by atoms with E-state index in [-0.39, 0.29) is 24.0 Å². The van der Waals surface area contributed by atoms with Crippen molar-refractivity contribution in [2.24, 2.45) is 4.99 Å². The summed E-state index contributed by atoms with van der Waals surface area (Å²) < 4.78 is 7.47. The molecule has 0 aliphatic heterocycles. The van der Waals surface area contributed by atoms with Gasteiger partial charge in [-0.15, -0.1) is 34.2 Å². The van der Waals surface area contributed by atoms with Crippen LogP contribution in [0.25, 0.3) is 5.65 Å². The van der Waals surface area contributed by atoms with E-state index in [0.29, 0.717) is 6.54 Å². The zero-order chi connectivity index (χ0) is 23.6. The van der Waals surface area contributed by atoms with Crippen molar-refractivity contribution in [3.05, 3.63) is 30.2 Å². The van der Waals surface area contributed by atoms with Crippen LogP contribution in [0.15, 0.2) is 29.4 Å². The molecule has 33 heavy (non-hydrogen) atoms. The van der Waals surface area contributed by atoms with Crippen molar-refractivity contribution in [3.8, 4) is 0 Å². The molecule has 0 unspecified atom stereocenters. The van der Waals surface area contributed by atoms with E-state index in [9.17, 15) is 4.79 Å². The predicted molar refractivity (Wildman–Crippen MR) is 143 cm³/mol. The fraction of sp³-hybridized carbons (Fsp3) is 0.652. The van der Waals surface area contributed by atoms with E-state index in [0.717, 1.165) is 56.2 Å². The second-order valence-electron chi connectivity index (χ2n) is 8.88. The number of carbonyl (C=O) groups excluding carboxylic acids is 1. The lowest BCUT2D eigenvalue weighted by atomic mass is 9.93. The smallest absolute Gasteiger partial charge is 0.408 e. The van der Waals surface area contributed by atoms with E-state index in [1.807, 2.05) is 56.5 Å². The van der Waals surface area contributed by atoms with Crippen molar-refractivity contribution in [1.82, 2.24) is 30.5 Å². The molecule has 0 aliphatic rings. The number of aliphatic imine (C=N–C) groups is 1. The molecule has 0 saturated heterocycles. The van der Waals surface area contributed by atoms with Crippen LogP contribution in [-0.2, 0) is 11.2 Å². The number of halogens is 1. The number of hydrogen-bond acceptors (Lipinski definition) is 5. The topological polar surface area (TPSA) is 105 Å². The van der Waals surface area contributed by atoms with Crippen LogP contribution < -0.4 is 16.0 Å². The van der Waals surface area contributed by atoms with Crippen LogP contribution in [0.2, 0.25) is 0 Å². The summed E-state index contributed by atoms with van der Waals surface area (Å²) in [6.45, 7) is 13.7. The lowest BCUT2D eigenvalue weighted by Gasteiger charge is -2.32. The highest BCUT2D eigenvalue weighted by Gasteiger charge is 2.30. The van der Waals surface area contributed by atoms with Crippen molar-refractivity contribution in [2.45, 2.75) is 78.4 Å². The third-order valence-electron chi connectivity index (χ3n) is 5.26. The van der Waals surface area contributed by atoms with Crippen molar-refractivity contribution in [1.29, 1.82) is 0 Å². The SMILES string of the molecule is CCNC(=NCC(CC)(CC)NC(=O)OC(C)(C)C)NCCCc1nnc2ccccn12.I. The molecule has 0 fully saturated rings. The van der Waals surface area contributed by atoms with Gasteiger partial charge in [0.2, 0.25) is 0 Å². The molecular formula is C23H40IN7O2. The normalized spacial score (nSPS) is 12.2. The summed E-state index contributed by atoms with van der Waals surface area (Å²) >= 11 is 0. The van der Waals surface area contributed by atoms with Crippen LogP contribution in [0, 0.1) is 0 Å². The fourth-order valence-electron chi connectivity index (χ4n) is 3.30. The van der Waals surface area contributed by atoms with E-state index < -0.39 is 17.2 Å². The van der Waals surface area contributed by atoms with Gasteiger partial charge in [-0.25, -0.2) is 4.79 Å². The molecule has 0 aromatic carbocycles. The Hall–Kier alpha value is -2.11. The first-order chi connectivity index (χ1) is 15.2. The Morgan fingerprint density at radius 2 is 1.85 bits per heavy atom. The fourth-order valence-corrected chi connectivity index (χ4v) is 3.30. The molecule has 3 N–H and O–H groups in total. The number of nitrogens with zero attached hydrogens (tertiary/aromatic N) is 4. The molecule has 1 amide bonds. The van der Waals surface area contributed by atoms with Crippen molar-refractivity contribution in [2.75, 3.05) is 19.6 Å². The number of carbonyl (C=O) groups is 1. The number of rotatable bonds is 10. The summed E-state index contributed by atoms with van der Waals surface area (Å²) in [4.78, 5) is 17.1. The Morgan fingerprint density at radius 3 is 2.48 bits per heavy atom. The first-order valence-corrected chi connectivity index (χ1v) is 11.5. The summed E-state index contributed by atoms with van der Waals surface area (Å²) in [6, 6.07) is 5.88. The molecule has 2 aromatic heterocycles.